The Morgan fingerprint density at radius 2 is 2.29 bits per heavy atom. The second kappa shape index (κ2) is 4.57. The fourth-order valence-corrected chi connectivity index (χ4v) is 1.45. The Bertz CT molecular complexity index is 437. The molecule has 0 radical (unpaired) electrons. The maximum atomic E-state index is 11.8. The molecule has 1 aromatic rings. The molecule has 1 fully saturated rings. The largest absolute Gasteiger partial charge is 0.361 e. The minimum Gasteiger partial charge on any atom is -0.361 e. The van der Waals surface area contributed by atoms with Crippen LogP contribution >= 0.6 is 0 Å². The number of rotatable bonds is 4. The number of nitrogens with zero attached hydrogens (tertiary/aromatic N) is 2. The third-order valence-corrected chi connectivity index (χ3v) is 2.52. The number of hydrogen-bond donors (Lipinski definition) is 1. The highest BCUT2D eigenvalue weighted by atomic mass is 16.5. The highest BCUT2D eigenvalue weighted by molar-refractivity contribution is 5.94. The molecule has 0 bridgehead atoms. The first kappa shape index (κ1) is 11.6. The van der Waals surface area contributed by atoms with Crippen molar-refractivity contribution in [3.63, 3.8) is 0 Å². The van der Waals surface area contributed by atoms with Crippen molar-refractivity contribution in [1.82, 2.24) is 15.4 Å². The quantitative estimate of drug-likeness (QED) is 0.819. The summed E-state index contributed by atoms with van der Waals surface area (Å²) in [6.07, 6.45) is 2.07. The van der Waals surface area contributed by atoms with Crippen molar-refractivity contribution in [2.45, 2.75) is 25.8 Å². The van der Waals surface area contributed by atoms with Gasteiger partial charge in [0.25, 0.3) is 5.91 Å². The minimum atomic E-state index is -0.312. The van der Waals surface area contributed by atoms with Crippen molar-refractivity contribution >= 4 is 11.8 Å². The first-order valence-corrected chi connectivity index (χ1v) is 5.54. The average molecular weight is 237 g/mol. The molecule has 2 rings (SSSR count). The van der Waals surface area contributed by atoms with Crippen molar-refractivity contribution in [2.75, 3.05) is 13.6 Å². The molecule has 1 aromatic heterocycles. The fourth-order valence-electron chi connectivity index (χ4n) is 1.45. The molecule has 1 aliphatic carbocycles. The molecule has 17 heavy (non-hydrogen) atoms. The summed E-state index contributed by atoms with van der Waals surface area (Å²) in [6.45, 7) is 1.75. The summed E-state index contributed by atoms with van der Waals surface area (Å²) in [4.78, 5) is 24.6. The van der Waals surface area contributed by atoms with Gasteiger partial charge in [-0.2, -0.15) is 0 Å². The third kappa shape index (κ3) is 3.05. The van der Waals surface area contributed by atoms with Gasteiger partial charge >= 0.3 is 0 Å². The van der Waals surface area contributed by atoms with E-state index < -0.39 is 0 Å². The molecule has 1 heterocycles. The van der Waals surface area contributed by atoms with Crippen LogP contribution in [0.4, 0.5) is 0 Å². The van der Waals surface area contributed by atoms with Crippen molar-refractivity contribution in [1.29, 1.82) is 0 Å². The number of likely N-dealkylation sites (N-methyl/N-ethyl adjacent to an activating group) is 1. The van der Waals surface area contributed by atoms with Gasteiger partial charge < -0.3 is 14.7 Å². The van der Waals surface area contributed by atoms with Gasteiger partial charge in [0.1, 0.15) is 5.76 Å². The molecule has 1 saturated carbocycles. The molecule has 0 aromatic carbocycles. The van der Waals surface area contributed by atoms with Gasteiger partial charge in [-0.3, -0.25) is 9.59 Å². The number of aryl methyl sites for hydroxylation is 1. The standard InChI is InChI=1S/C11H15N3O3/c1-7-5-9(13-17-7)11(16)14(2)6-10(15)12-8-3-4-8/h5,8H,3-4,6H2,1-2H3,(H,12,15). The van der Waals surface area contributed by atoms with Gasteiger partial charge in [0.2, 0.25) is 5.91 Å². The molecule has 6 nitrogen and oxygen atoms in total. The molecular weight excluding hydrogens is 222 g/mol. The number of nitrogens with one attached hydrogen (secondary N) is 1. The van der Waals surface area contributed by atoms with Crippen LogP contribution in [0.5, 0.6) is 0 Å². The van der Waals surface area contributed by atoms with Crippen molar-refractivity contribution in [3.8, 4) is 0 Å². The van der Waals surface area contributed by atoms with Crippen LogP contribution in [0.2, 0.25) is 0 Å². The van der Waals surface area contributed by atoms with Crippen LogP contribution in [0.1, 0.15) is 29.1 Å². The van der Waals surface area contributed by atoms with Crippen molar-refractivity contribution in [3.05, 3.63) is 17.5 Å². The summed E-state index contributed by atoms with van der Waals surface area (Å²) in [6, 6.07) is 1.86. The smallest absolute Gasteiger partial charge is 0.276 e. The molecule has 2 amide bonds. The maximum absolute atomic E-state index is 11.8. The monoisotopic (exact) mass is 237 g/mol. The predicted molar refractivity (Wildman–Crippen MR) is 59.4 cm³/mol. The van der Waals surface area contributed by atoms with E-state index in [2.05, 4.69) is 10.5 Å². The van der Waals surface area contributed by atoms with E-state index in [-0.39, 0.29) is 24.1 Å². The van der Waals surface area contributed by atoms with E-state index >= 15 is 0 Å². The first-order chi connectivity index (χ1) is 8.06. The molecule has 92 valence electrons. The second-order valence-corrected chi connectivity index (χ2v) is 4.33. The molecule has 0 aliphatic heterocycles. The summed E-state index contributed by atoms with van der Waals surface area (Å²) >= 11 is 0. The number of amides is 2. The van der Waals surface area contributed by atoms with Crippen molar-refractivity contribution < 1.29 is 14.1 Å². The summed E-state index contributed by atoms with van der Waals surface area (Å²) in [5, 5.41) is 6.44. The summed E-state index contributed by atoms with van der Waals surface area (Å²) in [7, 11) is 1.57. The van der Waals surface area contributed by atoms with Crippen LogP contribution in [0, 0.1) is 6.92 Å². The van der Waals surface area contributed by atoms with Crippen molar-refractivity contribution in [2.24, 2.45) is 0 Å². The molecule has 0 spiro atoms. The normalized spacial score (nSPS) is 14.5. The molecular formula is C11H15N3O3. The lowest BCUT2D eigenvalue weighted by Crippen LogP contribution is -2.39. The zero-order valence-corrected chi connectivity index (χ0v) is 9.90. The van der Waals surface area contributed by atoms with Gasteiger partial charge in [0.15, 0.2) is 5.69 Å². The van der Waals surface area contributed by atoms with Gasteiger partial charge in [0, 0.05) is 19.2 Å². The van der Waals surface area contributed by atoms with Crippen LogP contribution in [-0.2, 0) is 4.79 Å². The van der Waals surface area contributed by atoms with E-state index in [0.29, 0.717) is 11.8 Å². The fraction of sp³-hybridized carbons (Fsp3) is 0.545. The van der Waals surface area contributed by atoms with E-state index in [9.17, 15) is 9.59 Å². The Morgan fingerprint density at radius 3 is 2.82 bits per heavy atom. The first-order valence-electron chi connectivity index (χ1n) is 5.54. The van der Waals surface area contributed by atoms with Gasteiger partial charge in [-0.15, -0.1) is 0 Å². The van der Waals surface area contributed by atoms with Crippen LogP contribution in [0.25, 0.3) is 0 Å². The number of hydrogen-bond acceptors (Lipinski definition) is 4. The van der Waals surface area contributed by atoms with E-state index in [1.807, 2.05) is 0 Å². The van der Waals surface area contributed by atoms with E-state index in [1.54, 1.807) is 20.0 Å². The zero-order chi connectivity index (χ0) is 12.4. The molecule has 0 atom stereocenters. The summed E-state index contributed by atoms with van der Waals surface area (Å²) in [5.74, 6) is 0.126. The number of carbonyl (C=O) groups is 2. The van der Waals surface area contributed by atoms with E-state index in [4.69, 9.17) is 4.52 Å². The lowest BCUT2D eigenvalue weighted by Gasteiger charge is -2.14. The molecule has 1 N–H and O–H groups in total. The highest BCUT2D eigenvalue weighted by Gasteiger charge is 2.25. The number of carbonyl (C=O) groups excluding carboxylic acids is 2. The third-order valence-electron chi connectivity index (χ3n) is 2.52. The lowest BCUT2D eigenvalue weighted by atomic mass is 10.3. The Hall–Kier alpha value is -1.85. The molecule has 6 heteroatoms. The lowest BCUT2D eigenvalue weighted by molar-refractivity contribution is -0.121. The summed E-state index contributed by atoms with van der Waals surface area (Å²) < 4.78 is 4.82. The zero-order valence-electron chi connectivity index (χ0n) is 9.90. The Kier molecular flexibility index (Phi) is 3.12. The Morgan fingerprint density at radius 1 is 1.59 bits per heavy atom. The van der Waals surface area contributed by atoms with Crippen LogP contribution in [0.3, 0.4) is 0 Å². The van der Waals surface area contributed by atoms with Gasteiger partial charge in [0.05, 0.1) is 6.54 Å². The predicted octanol–water partition coefficient (Wildman–Crippen LogP) is 0.334. The van der Waals surface area contributed by atoms with E-state index in [1.165, 1.54) is 4.90 Å². The number of aromatic nitrogens is 1. The van der Waals surface area contributed by atoms with E-state index in [0.717, 1.165) is 12.8 Å². The summed E-state index contributed by atoms with van der Waals surface area (Å²) in [5.41, 5.74) is 0.226. The topological polar surface area (TPSA) is 75.4 Å². The SMILES string of the molecule is Cc1cc(C(=O)N(C)CC(=O)NC2CC2)no1. The molecule has 1 aliphatic rings. The maximum Gasteiger partial charge on any atom is 0.276 e. The van der Waals surface area contributed by atoms with Gasteiger partial charge in [-0.1, -0.05) is 5.16 Å². The molecule has 0 saturated heterocycles. The average Bonchev–Trinajstić information content (AvgIpc) is 2.96. The van der Waals surface area contributed by atoms with Crippen LogP contribution < -0.4 is 5.32 Å². The van der Waals surface area contributed by atoms with Gasteiger partial charge in [-0.25, -0.2) is 0 Å². The van der Waals surface area contributed by atoms with Gasteiger partial charge in [-0.05, 0) is 19.8 Å². The van der Waals surface area contributed by atoms with Crippen LogP contribution in [-0.4, -0.2) is 41.5 Å². The second-order valence-electron chi connectivity index (χ2n) is 4.33. The highest BCUT2D eigenvalue weighted by Crippen LogP contribution is 2.18. The minimum absolute atomic E-state index is 0.0429. The Labute approximate surface area is 98.9 Å². The Balaban J connectivity index is 1.88. The molecule has 0 unspecified atom stereocenters. The van der Waals surface area contributed by atoms with Crippen LogP contribution in [0.15, 0.2) is 10.6 Å².